The molecule has 29 heteroatoms. The normalized spacial score (nSPS) is 15.0. The molecule has 1 saturated heterocycles. The lowest BCUT2D eigenvalue weighted by Gasteiger charge is -2.36. The van der Waals surface area contributed by atoms with Crippen molar-refractivity contribution in [1.29, 1.82) is 0 Å². The van der Waals surface area contributed by atoms with E-state index in [0.717, 1.165) is 51.2 Å². The van der Waals surface area contributed by atoms with E-state index in [1.54, 1.807) is 67.8 Å². The Morgan fingerprint density at radius 3 is 1.78 bits per heavy atom. The van der Waals surface area contributed by atoms with Gasteiger partial charge in [0.05, 0.1) is 32.1 Å². The monoisotopic (exact) mass is 1440 g/mol. The van der Waals surface area contributed by atoms with Crippen molar-refractivity contribution in [3.8, 4) is 5.75 Å². The second kappa shape index (κ2) is 36.0. The van der Waals surface area contributed by atoms with Gasteiger partial charge in [0.1, 0.15) is 53.6 Å². The lowest BCUT2D eigenvalue weighted by atomic mass is 9.99. The van der Waals surface area contributed by atoms with Crippen molar-refractivity contribution in [2.45, 2.75) is 153 Å². The lowest BCUT2D eigenvalue weighted by Crippen LogP contribution is -2.59. The number of aromatic nitrogens is 2. The van der Waals surface area contributed by atoms with E-state index >= 15 is 14.4 Å². The molecular formula is C74H96ClN13O15. The number of carbonyl (C=O) groups excluding carboxylic acids is 10. The first-order chi connectivity index (χ1) is 48.7. The fraction of sp³-hybridized carbons (Fsp3) is 0.459. The first-order valence-corrected chi connectivity index (χ1v) is 34.6. The molecule has 3 heterocycles. The highest BCUT2D eigenvalue weighted by atomic mass is 35.5. The molecule has 6 aromatic rings. The number of likely N-dealkylation sites (tertiary alicyclic amines) is 1. The minimum atomic E-state index is -1.66. The first kappa shape index (κ1) is 80.0. The second-order valence-corrected chi connectivity index (χ2v) is 27.8. The Labute approximate surface area is 603 Å². The topological polar surface area (TPSA) is 371 Å². The summed E-state index contributed by atoms with van der Waals surface area (Å²) >= 11 is 6.40. The van der Waals surface area contributed by atoms with Gasteiger partial charge in [0.15, 0.2) is 0 Å². The molecule has 8 atom stereocenters. The zero-order valence-corrected chi connectivity index (χ0v) is 61.0. The molecule has 0 saturated carbocycles. The Morgan fingerprint density at radius 2 is 1.19 bits per heavy atom. The number of aromatic amines is 2. The predicted molar refractivity (Wildman–Crippen MR) is 386 cm³/mol. The Bertz CT molecular complexity index is 4060. The van der Waals surface area contributed by atoms with Crippen LogP contribution in [0.15, 0.2) is 109 Å². The Kier molecular flexibility index (Phi) is 27.9. The van der Waals surface area contributed by atoms with Crippen molar-refractivity contribution in [2.75, 3.05) is 68.0 Å². The van der Waals surface area contributed by atoms with Gasteiger partial charge in [0.2, 0.25) is 59.1 Å². The van der Waals surface area contributed by atoms with Crippen molar-refractivity contribution >= 4 is 104 Å². The number of nitrogens with two attached hydrogens (primary N) is 1. The zero-order chi connectivity index (χ0) is 75.7. The molecule has 2 aromatic heterocycles. The van der Waals surface area contributed by atoms with E-state index in [9.17, 15) is 53.4 Å². The van der Waals surface area contributed by atoms with Crippen LogP contribution in [0.1, 0.15) is 95.9 Å². The SMILES string of the molecule is CCCN(CC(=O)N[C@@H](CC(=O)O)C(=O)N1CCCC[C@H]1C(=O)O)C(=O)CN(C)C(=O)[C@H](Cc1cccc(Cl)c1)N(C)C(=O)[C@H](C)N(C)C(=O)CN(C)C(=O)[C@@H](Cc1ccc(OC(C)(C)C)cc1)NC(=O)[C@H](Cc1c[nH]c2ccccc12)N(C)C(=O)[C@H](Cc1c[nH]c2ccccc12)NC(=O)[C@H](C)N. The number of rotatable bonds is 33. The van der Waals surface area contributed by atoms with Gasteiger partial charge in [-0.1, -0.05) is 79.2 Å². The van der Waals surface area contributed by atoms with Crippen molar-refractivity contribution in [3.63, 3.8) is 0 Å². The summed E-state index contributed by atoms with van der Waals surface area (Å²) in [5.41, 5.74) is 9.53. The number of halogens is 1. The van der Waals surface area contributed by atoms with Crippen LogP contribution >= 0.6 is 11.6 Å². The van der Waals surface area contributed by atoms with Crippen molar-refractivity contribution in [2.24, 2.45) is 5.73 Å². The molecule has 0 unspecified atom stereocenters. The van der Waals surface area contributed by atoms with E-state index in [2.05, 4.69) is 25.9 Å². The van der Waals surface area contributed by atoms with Gasteiger partial charge in [-0.3, -0.25) is 52.7 Å². The maximum atomic E-state index is 15.4. The summed E-state index contributed by atoms with van der Waals surface area (Å²) in [6.07, 6.45) is 3.76. The van der Waals surface area contributed by atoms with Gasteiger partial charge in [-0.2, -0.15) is 0 Å². The molecule has 1 aliphatic rings. The summed E-state index contributed by atoms with van der Waals surface area (Å²) in [7, 11) is 6.83. The third kappa shape index (κ3) is 21.6. The molecule has 1 aliphatic heterocycles. The van der Waals surface area contributed by atoms with Crippen molar-refractivity contribution in [3.05, 3.63) is 137 Å². The van der Waals surface area contributed by atoms with E-state index < -0.39 is 151 Å². The number of benzene rings is 4. The fourth-order valence-electron chi connectivity index (χ4n) is 12.5. The third-order valence-electron chi connectivity index (χ3n) is 18.2. The van der Waals surface area contributed by atoms with Crippen molar-refractivity contribution < 1.29 is 72.5 Å². The minimum Gasteiger partial charge on any atom is -0.488 e. The van der Waals surface area contributed by atoms with E-state index in [0.29, 0.717) is 52.3 Å². The molecule has 0 radical (unpaired) electrons. The van der Waals surface area contributed by atoms with Gasteiger partial charge in [-0.25, -0.2) is 4.79 Å². The maximum absolute atomic E-state index is 15.4. The molecule has 103 heavy (non-hydrogen) atoms. The minimum absolute atomic E-state index is 0.0110. The summed E-state index contributed by atoms with van der Waals surface area (Å²) in [5, 5.41) is 29.6. The second-order valence-electron chi connectivity index (χ2n) is 27.3. The number of nitrogens with one attached hydrogen (secondary N) is 5. The fourth-order valence-corrected chi connectivity index (χ4v) is 12.7. The van der Waals surface area contributed by atoms with Crippen LogP contribution in [0.5, 0.6) is 5.75 Å². The van der Waals surface area contributed by atoms with Crippen LogP contribution in [0.3, 0.4) is 0 Å². The molecule has 28 nitrogen and oxygen atoms in total. The van der Waals surface area contributed by atoms with E-state index in [1.165, 1.54) is 54.0 Å². The van der Waals surface area contributed by atoms with Crippen molar-refractivity contribution in [1.82, 2.24) is 60.2 Å². The number of likely N-dealkylation sites (N-methyl/N-ethyl adjacent to an activating group) is 5. The number of amides is 10. The van der Waals surface area contributed by atoms with Gasteiger partial charge in [-0.15, -0.1) is 0 Å². The third-order valence-corrected chi connectivity index (χ3v) is 18.5. The number of nitrogens with zero attached hydrogens (tertiary/aromatic N) is 7. The smallest absolute Gasteiger partial charge is 0.326 e. The molecule has 0 spiro atoms. The van der Waals surface area contributed by atoms with Gasteiger partial charge in [-0.05, 0) is 119 Å². The largest absolute Gasteiger partial charge is 0.488 e. The van der Waals surface area contributed by atoms with E-state index in [-0.39, 0.29) is 45.2 Å². The van der Waals surface area contributed by atoms with Gasteiger partial charge in [0.25, 0.3) is 0 Å². The number of para-hydroxylation sites is 2. The number of H-pyrrole nitrogens is 2. The molecule has 4 aromatic carbocycles. The highest BCUT2D eigenvalue weighted by molar-refractivity contribution is 6.30. The Balaban J connectivity index is 1.11. The molecule has 554 valence electrons. The maximum Gasteiger partial charge on any atom is 0.326 e. The highest BCUT2D eigenvalue weighted by Crippen LogP contribution is 2.26. The predicted octanol–water partition coefficient (Wildman–Crippen LogP) is 4.15. The molecule has 0 aliphatic carbocycles. The summed E-state index contributed by atoms with van der Waals surface area (Å²) in [6, 6.07) is 17.9. The number of carboxylic acids is 2. The van der Waals surface area contributed by atoms with Crippen LogP contribution < -0.4 is 26.4 Å². The van der Waals surface area contributed by atoms with E-state index in [4.69, 9.17) is 22.1 Å². The number of carboxylic acid groups (broad SMARTS) is 2. The molecule has 9 N–H and O–H groups in total. The summed E-state index contributed by atoms with van der Waals surface area (Å²) in [4.78, 5) is 183. The number of fused-ring (bicyclic) bond motifs is 2. The Morgan fingerprint density at radius 1 is 0.621 bits per heavy atom. The number of hydrogen-bond acceptors (Lipinski definition) is 14. The molecule has 10 amide bonds. The van der Waals surface area contributed by atoms with Gasteiger partial charge in [0, 0.05) is 113 Å². The molecule has 0 bridgehead atoms. The highest BCUT2D eigenvalue weighted by Gasteiger charge is 2.41. The summed E-state index contributed by atoms with van der Waals surface area (Å²) < 4.78 is 6.08. The first-order valence-electron chi connectivity index (χ1n) is 34.3. The number of carbonyl (C=O) groups is 12. The van der Waals surface area contributed by atoms with Crippen LogP contribution in [0.25, 0.3) is 21.8 Å². The standard InChI is InChI=1S/C74H96ClN13O15/c1-12-31-87(41-62(89)79-58(38-65(92)93)71(99)88-32-18-17-26-59(88)73(101)102)64(91)43-83(8)72(100)61(35-47-20-19-21-50(75)33-47)86(11)68(96)45(3)84(9)63(90)42-82(7)69(97)56(34-46-27-29-51(30-28-46)103-74(4,5)6)81-67(95)60(37-49-40-78-55-25-16-14-23-53(49)55)85(10)70(98)57(80-66(94)44(2)76)36-48-39-77-54-24-15-13-22-52(48)54/h13-16,19-25,27-30,33,39-40,44-45,56-61,77-78H,12,17-18,26,31-32,34-38,41-43,76H2,1-11H3,(H,79,89)(H,80,94)(H,81,95)(H,92,93)(H,101,102)/t44-,45-,56+,57-,58-,59-,60-,61-/m0/s1. The molecular weight excluding hydrogens is 1350 g/mol. The summed E-state index contributed by atoms with van der Waals surface area (Å²) in [6.45, 7) is 8.41. The van der Waals surface area contributed by atoms with Crippen LogP contribution in [0.2, 0.25) is 5.02 Å². The average molecular weight is 1440 g/mol. The average Bonchev–Trinajstić information content (AvgIpc) is 1.70. The Hall–Kier alpha value is -10.4. The van der Waals surface area contributed by atoms with Crippen LogP contribution in [0, 0.1) is 0 Å². The summed E-state index contributed by atoms with van der Waals surface area (Å²) in [5.74, 6) is -9.64. The molecule has 1 fully saturated rings. The number of hydrogen-bond donors (Lipinski definition) is 8. The number of ether oxygens (including phenoxy) is 1. The van der Waals surface area contributed by atoms with Crippen LogP contribution in [0.4, 0.5) is 0 Å². The van der Waals surface area contributed by atoms with Crippen LogP contribution in [-0.4, -0.2) is 247 Å². The van der Waals surface area contributed by atoms with Crippen LogP contribution in [-0.2, 0) is 83.2 Å². The van der Waals surface area contributed by atoms with E-state index in [1.807, 2.05) is 69.3 Å². The van der Waals surface area contributed by atoms with Gasteiger partial charge >= 0.3 is 11.9 Å². The number of piperidine rings is 1. The lowest BCUT2D eigenvalue weighted by molar-refractivity contribution is -0.154. The number of aliphatic carboxylic acids is 2. The zero-order valence-electron chi connectivity index (χ0n) is 60.2. The molecule has 7 rings (SSSR count). The van der Waals surface area contributed by atoms with Gasteiger partial charge < -0.3 is 80.9 Å². The quantitative estimate of drug-likeness (QED) is 0.0287.